The number of nitrogens with zero attached hydrogens (tertiary/aromatic N) is 2. The molecule has 0 amide bonds. The summed E-state index contributed by atoms with van der Waals surface area (Å²) < 4.78 is 6.59. The Hall–Kier alpha value is -1.81. The number of hydrogen-bond acceptors (Lipinski definition) is 4. The number of nitrogen functional groups attached to an aromatic ring is 1. The van der Waals surface area contributed by atoms with E-state index < -0.39 is 0 Å². The smallest absolute Gasteiger partial charge is 0.163 e. The van der Waals surface area contributed by atoms with E-state index in [1.807, 2.05) is 6.92 Å². The Balaban J connectivity index is 2.42. The van der Waals surface area contributed by atoms with Crippen molar-refractivity contribution in [3.63, 3.8) is 0 Å². The second-order valence-corrected chi connectivity index (χ2v) is 4.89. The highest BCUT2D eigenvalue weighted by Crippen LogP contribution is 2.34. The molecule has 1 heterocycles. The van der Waals surface area contributed by atoms with Gasteiger partial charge in [0.05, 0.1) is 20.9 Å². The quantitative estimate of drug-likeness (QED) is 0.666. The van der Waals surface area contributed by atoms with Crippen LogP contribution in [0.25, 0.3) is 0 Å². The van der Waals surface area contributed by atoms with Crippen molar-refractivity contribution in [3.8, 4) is 17.6 Å². The second-order valence-electron chi connectivity index (χ2n) is 3.73. The number of hydrogen-bond donors (Lipinski definition) is 1. The van der Waals surface area contributed by atoms with Crippen molar-refractivity contribution < 1.29 is 4.74 Å². The summed E-state index contributed by atoms with van der Waals surface area (Å²) in [5.41, 5.74) is 7.80. The van der Waals surface area contributed by atoms with Gasteiger partial charge in [0.15, 0.2) is 5.75 Å². The summed E-state index contributed by atoms with van der Waals surface area (Å²) in [6.45, 7) is 1.91. The molecule has 2 aromatic rings. The van der Waals surface area contributed by atoms with Gasteiger partial charge >= 0.3 is 0 Å². The molecule has 0 saturated carbocycles. The van der Waals surface area contributed by atoms with Crippen LogP contribution in [0.5, 0.6) is 11.5 Å². The van der Waals surface area contributed by atoms with E-state index >= 15 is 0 Å². The van der Waals surface area contributed by atoms with Gasteiger partial charge in [0.2, 0.25) is 0 Å². The minimum absolute atomic E-state index is 0.453. The van der Waals surface area contributed by atoms with Gasteiger partial charge in [0, 0.05) is 18.0 Å². The minimum atomic E-state index is 0.453. The number of halogens is 1. The normalized spacial score (nSPS) is 9.83. The number of nitriles is 1. The first-order chi connectivity index (χ1) is 8.61. The highest BCUT2D eigenvalue weighted by Gasteiger charge is 2.10. The van der Waals surface area contributed by atoms with E-state index in [-0.39, 0.29) is 0 Å². The van der Waals surface area contributed by atoms with Crippen molar-refractivity contribution in [1.29, 1.82) is 5.26 Å². The third kappa shape index (κ3) is 2.54. The standard InChI is InChI=1S/C13H10IN3O/c1-8-7-17-3-2-12(8)18-13-10(14)4-9(6-15)5-11(13)16/h2-5,7H,16H2,1H3. The number of aryl methyl sites for hydroxylation is 1. The predicted molar refractivity (Wildman–Crippen MR) is 77.3 cm³/mol. The summed E-state index contributed by atoms with van der Waals surface area (Å²) in [5, 5.41) is 8.85. The molecule has 0 fully saturated rings. The highest BCUT2D eigenvalue weighted by molar-refractivity contribution is 14.1. The summed E-state index contributed by atoms with van der Waals surface area (Å²) in [5.74, 6) is 1.28. The van der Waals surface area contributed by atoms with E-state index in [1.54, 1.807) is 30.6 Å². The molecular weight excluding hydrogens is 341 g/mol. The predicted octanol–water partition coefficient (Wildman–Crippen LogP) is 3.24. The first kappa shape index (κ1) is 12.6. The molecule has 0 saturated heterocycles. The molecule has 0 aliphatic rings. The first-order valence-corrected chi connectivity index (χ1v) is 6.27. The number of nitrogens with two attached hydrogens (primary N) is 1. The molecule has 2 rings (SSSR count). The monoisotopic (exact) mass is 351 g/mol. The van der Waals surface area contributed by atoms with E-state index in [0.29, 0.717) is 22.7 Å². The van der Waals surface area contributed by atoms with E-state index in [0.717, 1.165) is 9.13 Å². The number of aromatic nitrogens is 1. The Morgan fingerprint density at radius 2 is 2.22 bits per heavy atom. The molecule has 0 bridgehead atoms. The fourth-order valence-corrected chi connectivity index (χ4v) is 2.23. The average molecular weight is 351 g/mol. The van der Waals surface area contributed by atoms with Gasteiger partial charge in [0.25, 0.3) is 0 Å². The summed E-state index contributed by atoms with van der Waals surface area (Å²) >= 11 is 2.10. The molecule has 4 nitrogen and oxygen atoms in total. The molecule has 0 unspecified atom stereocenters. The SMILES string of the molecule is Cc1cnccc1Oc1c(N)cc(C#N)cc1I. The van der Waals surface area contributed by atoms with E-state index in [1.165, 1.54) is 0 Å². The zero-order valence-corrected chi connectivity index (χ0v) is 11.8. The maximum Gasteiger partial charge on any atom is 0.163 e. The summed E-state index contributed by atoms with van der Waals surface area (Å²) in [4.78, 5) is 4.00. The maximum atomic E-state index is 8.85. The van der Waals surface area contributed by atoms with Crippen LogP contribution in [0.2, 0.25) is 0 Å². The van der Waals surface area contributed by atoms with E-state index in [9.17, 15) is 0 Å². The van der Waals surface area contributed by atoms with Crippen LogP contribution < -0.4 is 10.5 Å². The van der Waals surface area contributed by atoms with Gasteiger partial charge in [-0.15, -0.1) is 0 Å². The maximum absolute atomic E-state index is 8.85. The van der Waals surface area contributed by atoms with Crippen molar-refractivity contribution in [2.45, 2.75) is 6.92 Å². The van der Waals surface area contributed by atoms with Gasteiger partial charge in [-0.1, -0.05) is 0 Å². The Morgan fingerprint density at radius 3 is 2.83 bits per heavy atom. The lowest BCUT2D eigenvalue weighted by Gasteiger charge is -2.12. The molecule has 0 atom stereocenters. The molecule has 0 radical (unpaired) electrons. The Kier molecular flexibility index (Phi) is 3.67. The molecule has 0 aliphatic heterocycles. The summed E-state index contributed by atoms with van der Waals surface area (Å²) in [7, 11) is 0. The van der Waals surface area contributed by atoms with Crippen LogP contribution in [0.15, 0.2) is 30.6 Å². The van der Waals surface area contributed by atoms with Crippen LogP contribution in [0.4, 0.5) is 5.69 Å². The number of ether oxygens (including phenoxy) is 1. The number of benzene rings is 1. The van der Waals surface area contributed by atoms with Crippen LogP contribution in [0, 0.1) is 21.8 Å². The van der Waals surface area contributed by atoms with Gasteiger partial charge in [-0.05, 0) is 47.7 Å². The Bertz CT molecular complexity index is 611. The lowest BCUT2D eigenvalue weighted by molar-refractivity contribution is 0.477. The van der Waals surface area contributed by atoms with Gasteiger partial charge < -0.3 is 10.5 Å². The molecule has 0 aliphatic carbocycles. The average Bonchev–Trinajstić information content (AvgIpc) is 2.35. The topological polar surface area (TPSA) is 71.9 Å². The molecule has 1 aromatic heterocycles. The highest BCUT2D eigenvalue weighted by atomic mass is 127. The fraction of sp³-hybridized carbons (Fsp3) is 0.0769. The van der Waals surface area contributed by atoms with E-state index in [4.69, 9.17) is 15.7 Å². The lowest BCUT2D eigenvalue weighted by atomic mass is 10.2. The molecule has 1 aromatic carbocycles. The summed E-state index contributed by atoms with van der Waals surface area (Å²) in [6.07, 6.45) is 3.39. The molecule has 2 N–H and O–H groups in total. The van der Waals surface area contributed by atoms with Crippen molar-refractivity contribution in [2.24, 2.45) is 0 Å². The van der Waals surface area contributed by atoms with Crippen LogP contribution in [-0.4, -0.2) is 4.98 Å². The first-order valence-electron chi connectivity index (χ1n) is 5.19. The zero-order valence-electron chi connectivity index (χ0n) is 9.64. The fourth-order valence-electron chi connectivity index (χ4n) is 1.47. The van der Waals surface area contributed by atoms with Gasteiger partial charge in [-0.3, -0.25) is 4.98 Å². The molecule has 5 heteroatoms. The van der Waals surface area contributed by atoms with Crippen LogP contribution in [0.3, 0.4) is 0 Å². The second kappa shape index (κ2) is 5.23. The van der Waals surface area contributed by atoms with Crippen molar-refractivity contribution in [3.05, 3.63) is 45.3 Å². The Labute approximate surface area is 119 Å². The van der Waals surface area contributed by atoms with Gasteiger partial charge in [-0.2, -0.15) is 5.26 Å². The third-order valence-electron chi connectivity index (χ3n) is 2.38. The number of pyridine rings is 1. The van der Waals surface area contributed by atoms with Gasteiger partial charge in [0.1, 0.15) is 5.75 Å². The Morgan fingerprint density at radius 1 is 1.44 bits per heavy atom. The third-order valence-corrected chi connectivity index (χ3v) is 3.18. The molecule has 0 spiro atoms. The van der Waals surface area contributed by atoms with Crippen LogP contribution in [0.1, 0.15) is 11.1 Å². The number of anilines is 1. The van der Waals surface area contributed by atoms with Crippen molar-refractivity contribution >= 4 is 28.3 Å². The van der Waals surface area contributed by atoms with Crippen LogP contribution in [-0.2, 0) is 0 Å². The van der Waals surface area contributed by atoms with Crippen molar-refractivity contribution in [1.82, 2.24) is 4.98 Å². The minimum Gasteiger partial charge on any atom is -0.454 e. The largest absolute Gasteiger partial charge is 0.454 e. The van der Waals surface area contributed by atoms with Crippen LogP contribution >= 0.6 is 22.6 Å². The zero-order chi connectivity index (χ0) is 13.1. The number of rotatable bonds is 2. The van der Waals surface area contributed by atoms with Gasteiger partial charge in [-0.25, -0.2) is 0 Å². The van der Waals surface area contributed by atoms with Crippen molar-refractivity contribution in [2.75, 3.05) is 5.73 Å². The molecular formula is C13H10IN3O. The summed E-state index contributed by atoms with van der Waals surface area (Å²) in [6, 6.07) is 7.19. The lowest BCUT2D eigenvalue weighted by Crippen LogP contribution is -1.97. The van der Waals surface area contributed by atoms with E-state index in [2.05, 4.69) is 33.6 Å². The molecule has 18 heavy (non-hydrogen) atoms. The molecule has 90 valence electrons.